The Bertz CT molecular complexity index is 592. The lowest BCUT2D eigenvalue weighted by molar-refractivity contribution is -0.133. The SMILES string of the molecule is C=CCN(Cc1cccs1)C(=O)C1(C)CCCS1(=O)=O. The van der Waals surface area contributed by atoms with Crippen molar-refractivity contribution in [2.75, 3.05) is 12.3 Å². The summed E-state index contributed by atoms with van der Waals surface area (Å²) >= 11 is 1.56. The second kappa shape index (κ2) is 5.69. The summed E-state index contributed by atoms with van der Waals surface area (Å²) in [5.74, 6) is -0.195. The molecule has 1 saturated heterocycles. The van der Waals surface area contributed by atoms with E-state index in [2.05, 4.69) is 6.58 Å². The van der Waals surface area contributed by atoms with E-state index in [1.807, 2.05) is 17.5 Å². The van der Waals surface area contributed by atoms with Gasteiger partial charge in [-0.05, 0) is 31.2 Å². The van der Waals surface area contributed by atoms with Crippen molar-refractivity contribution in [3.05, 3.63) is 35.0 Å². The molecule has 0 spiro atoms. The topological polar surface area (TPSA) is 54.5 Å². The molecule has 0 bridgehead atoms. The Labute approximate surface area is 124 Å². The van der Waals surface area contributed by atoms with E-state index >= 15 is 0 Å². The molecule has 0 radical (unpaired) electrons. The van der Waals surface area contributed by atoms with E-state index in [0.717, 1.165) is 4.88 Å². The summed E-state index contributed by atoms with van der Waals surface area (Å²) in [7, 11) is -3.35. The van der Waals surface area contributed by atoms with Crippen LogP contribution >= 0.6 is 11.3 Å². The minimum absolute atomic E-state index is 0.107. The first-order valence-corrected chi connectivity index (χ1v) is 9.09. The number of thiophene rings is 1. The highest BCUT2D eigenvalue weighted by molar-refractivity contribution is 7.93. The zero-order valence-corrected chi connectivity index (χ0v) is 13.2. The predicted molar refractivity (Wildman–Crippen MR) is 81.4 cm³/mol. The van der Waals surface area contributed by atoms with Gasteiger partial charge in [-0.2, -0.15) is 0 Å². The number of carbonyl (C=O) groups excluding carboxylic acids is 1. The zero-order chi connectivity index (χ0) is 14.8. The number of carbonyl (C=O) groups is 1. The van der Waals surface area contributed by atoms with Gasteiger partial charge in [-0.25, -0.2) is 8.42 Å². The number of hydrogen-bond acceptors (Lipinski definition) is 4. The second-order valence-electron chi connectivity index (χ2n) is 5.21. The molecule has 1 aromatic heterocycles. The molecule has 1 unspecified atom stereocenters. The summed E-state index contributed by atoms with van der Waals surface area (Å²) < 4.78 is 23.1. The number of rotatable bonds is 5. The van der Waals surface area contributed by atoms with E-state index < -0.39 is 14.6 Å². The molecule has 1 amide bonds. The van der Waals surface area contributed by atoms with E-state index in [4.69, 9.17) is 0 Å². The highest BCUT2D eigenvalue weighted by atomic mass is 32.2. The first kappa shape index (κ1) is 15.3. The van der Waals surface area contributed by atoms with Crippen molar-refractivity contribution in [3.63, 3.8) is 0 Å². The van der Waals surface area contributed by atoms with Gasteiger partial charge >= 0.3 is 0 Å². The van der Waals surface area contributed by atoms with Gasteiger partial charge < -0.3 is 4.90 Å². The van der Waals surface area contributed by atoms with Gasteiger partial charge in [0.25, 0.3) is 0 Å². The molecular weight excluding hydrogens is 294 g/mol. The van der Waals surface area contributed by atoms with Crippen LogP contribution in [0.3, 0.4) is 0 Å². The maximum absolute atomic E-state index is 12.7. The highest BCUT2D eigenvalue weighted by Gasteiger charge is 2.51. The molecule has 1 aromatic rings. The average molecular weight is 313 g/mol. The minimum atomic E-state index is -3.35. The van der Waals surface area contributed by atoms with E-state index in [1.54, 1.807) is 29.2 Å². The molecule has 1 aliphatic rings. The molecule has 1 atom stereocenters. The van der Waals surface area contributed by atoms with Gasteiger partial charge in [0.1, 0.15) is 4.75 Å². The molecule has 0 aliphatic carbocycles. The van der Waals surface area contributed by atoms with Crippen molar-refractivity contribution in [2.45, 2.75) is 31.1 Å². The monoisotopic (exact) mass is 313 g/mol. The smallest absolute Gasteiger partial charge is 0.244 e. The molecule has 2 rings (SSSR count). The largest absolute Gasteiger partial charge is 0.332 e. The molecule has 0 N–H and O–H groups in total. The zero-order valence-electron chi connectivity index (χ0n) is 11.5. The van der Waals surface area contributed by atoms with E-state index in [0.29, 0.717) is 25.9 Å². The third-order valence-electron chi connectivity index (χ3n) is 3.77. The first-order valence-electron chi connectivity index (χ1n) is 6.56. The molecule has 1 aliphatic heterocycles. The summed E-state index contributed by atoms with van der Waals surface area (Å²) in [6.07, 6.45) is 2.61. The lowest BCUT2D eigenvalue weighted by Gasteiger charge is -2.30. The molecule has 2 heterocycles. The Morgan fingerprint density at radius 1 is 1.60 bits per heavy atom. The minimum Gasteiger partial charge on any atom is -0.332 e. The standard InChI is InChI=1S/C14H19NO3S2/c1-3-8-15(11-12-6-4-9-19-12)13(16)14(2)7-5-10-20(14,17)18/h3-4,6,9H,1,5,7-8,10-11H2,2H3. The Morgan fingerprint density at radius 3 is 2.85 bits per heavy atom. The fourth-order valence-electron chi connectivity index (χ4n) is 2.52. The summed E-state index contributed by atoms with van der Waals surface area (Å²) in [6, 6.07) is 3.87. The molecule has 110 valence electrons. The second-order valence-corrected chi connectivity index (χ2v) is 8.78. The number of hydrogen-bond donors (Lipinski definition) is 0. The van der Waals surface area contributed by atoms with Crippen LogP contribution in [0.15, 0.2) is 30.2 Å². The van der Waals surface area contributed by atoms with Crippen LogP contribution < -0.4 is 0 Å². The van der Waals surface area contributed by atoms with Crippen LogP contribution in [-0.2, 0) is 21.2 Å². The van der Waals surface area contributed by atoms with Gasteiger partial charge in [0.15, 0.2) is 9.84 Å². The van der Waals surface area contributed by atoms with Crippen molar-refractivity contribution in [2.24, 2.45) is 0 Å². The number of sulfone groups is 1. The van der Waals surface area contributed by atoms with Gasteiger partial charge in [-0.3, -0.25) is 4.79 Å². The van der Waals surface area contributed by atoms with Gasteiger partial charge in [-0.15, -0.1) is 17.9 Å². The van der Waals surface area contributed by atoms with Crippen molar-refractivity contribution in [3.8, 4) is 0 Å². The summed E-state index contributed by atoms with van der Waals surface area (Å²) in [5.41, 5.74) is 0. The van der Waals surface area contributed by atoms with Gasteiger partial charge in [0.05, 0.1) is 12.3 Å². The summed E-state index contributed by atoms with van der Waals surface area (Å²) in [5, 5.41) is 1.94. The van der Waals surface area contributed by atoms with E-state index in [-0.39, 0.29) is 11.7 Å². The van der Waals surface area contributed by atoms with Gasteiger partial charge in [0.2, 0.25) is 5.91 Å². The summed E-state index contributed by atoms with van der Waals surface area (Å²) in [6.45, 7) is 6.02. The number of amides is 1. The van der Waals surface area contributed by atoms with Crippen LogP contribution in [-0.4, -0.2) is 36.3 Å². The third-order valence-corrected chi connectivity index (χ3v) is 7.21. The predicted octanol–water partition coefficient (Wildman–Crippen LogP) is 2.23. The molecule has 0 saturated carbocycles. The molecule has 1 fully saturated rings. The average Bonchev–Trinajstić information content (AvgIpc) is 2.98. The first-order chi connectivity index (χ1) is 9.40. The lowest BCUT2D eigenvalue weighted by atomic mass is 10.0. The van der Waals surface area contributed by atoms with E-state index in [9.17, 15) is 13.2 Å². The third kappa shape index (κ3) is 2.67. The van der Waals surface area contributed by atoms with Crippen molar-refractivity contribution >= 4 is 27.1 Å². The molecular formula is C14H19NO3S2. The van der Waals surface area contributed by atoms with Crippen molar-refractivity contribution in [1.82, 2.24) is 4.90 Å². The van der Waals surface area contributed by atoms with Crippen LogP contribution in [0.2, 0.25) is 0 Å². The number of nitrogens with zero attached hydrogens (tertiary/aromatic N) is 1. The van der Waals surface area contributed by atoms with E-state index in [1.165, 1.54) is 0 Å². The molecule has 4 nitrogen and oxygen atoms in total. The van der Waals surface area contributed by atoms with Crippen molar-refractivity contribution < 1.29 is 13.2 Å². The Hall–Kier alpha value is -1.14. The Kier molecular flexibility index (Phi) is 4.34. The van der Waals surface area contributed by atoms with Crippen LogP contribution in [0.4, 0.5) is 0 Å². The van der Waals surface area contributed by atoms with Crippen LogP contribution in [0, 0.1) is 0 Å². The molecule has 0 aromatic carbocycles. The quantitative estimate of drug-likeness (QED) is 0.783. The fraction of sp³-hybridized carbons (Fsp3) is 0.500. The molecule has 20 heavy (non-hydrogen) atoms. The van der Waals surface area contributed by atoms with Crippen LogP contribution in [0.1, 0.15) is 24.6 Å². The van der Waals surface area contributed by atoms with Crippen molar-refractivity contribution in [1.29, 1.82) is 0 Å². The van der Waals surface area contributed by atoms with Crippen LogP contribution in [0.5, 0.6) is 0 Å². The Morgan fingerprint density at radius 2 is 2.35 bits per heavy atom. The maximum atomic E-state index is 12.7. The van der Waals surface area contributed by atoms with Gasteiger partial charge in [-0.1, -0.05) is 12.1 Å². The maximum Gasteiger partial charge on any atom is 0.244 e. The lowest BCUT2D eigenvalue weighted by Crippen LogP contribution is -2.49. The highest BCUT2D eigenvalue weighted by Crippen LogP contribution is 2.34. The molecule has 6 heteroatoms. The van der Waals surface area contributed by atoms with Crippen LogP contribution in [0.25, 0.3) is 0 Å². The summed E-state index contributed by atoms with van der Waals surface area (Å²) in [4.78, 5) is 15.3. The fourth-order valence-corrected chi connectivity index (χ4v) is 5.07. The Balaban J connectivity index is 2.25. The van der Waals surface area contributed by atoms with Gasteiger partial charge in [0, 0.05) is 11.4 Å². The normalized spacial score (nSPS) is 24.4.